The van der Waals surface area contributed by atoms with Crippen LogP contribution in [0.2, 0.25) is 0 Å². The van der Waals surface area contributed by atoms with Crippen molar-refractivity contribution in [3.63, 3.8) is 0 Å². The van der Waals surface area contributed by atoms with E-state index in [0.29, 0.717) is 12.3 Å². The van der Waals surface area contributed by atoms with E-state index < -0.39 is 0 Å². The molecule has 3 heteroatoms. The first-order valence-electron chi connectivity index (χ1n) is 4.41. The number of aryl methyl sites for hydroxylation is 1. The molecule has 13 heavy (non-hydrogen) atoms. The number of rotatable bonds is 3. The monoisotopic (exact) mass is 178 g/mol. The normalized spacial score (nSPS) is 10.5. The lowest BCUT2D eigenvalue weighted by Gasteiger charge is -2.06. The zero-order valence-electron chi connectivity index (χ0n) is 8.24. The van der Waals surface area contributed by atoms with Crippen molar-refractivity contribution in [2.24, 2.45) is 0 Å². The minimum atomic E-state index is 0.310. The molecule has 0 unspecified atom stereocenters. The van der Waals surface area contributed by atoms with Crippen LogP contribution in [-0.2, 0) is 11.2 Å². The molecule has 3 nitrogen and oxygen atoms in total. The summed E-state index contributed by atoms with van der Waals surface area (Å²) in [6.45, 7) is 6.00. The molecule has 70 valence electrons. The highest BCUT2D eigenvalue weighted by molar-refractivity contribution is 5.53. The van der Waals surface area contributed by atoms with E-state index in [4.69, 9.17) is 0 Å². The number of aldehydes is 1. The Morgan fingerprint density at radius 2 is 2.15 bits per heavy atom. The Hall–Kier alpha value is -1.25. The van der Waals surface area contributed by atoms with E-state index in [1.165, 1.54) is 0 Å². The molecule has 1 aromatic rings. The molecule has 1 aromatic heterocycles. The van der Waals surface area contributed by atoms with Gasteiger partial charge >= 0.3 is 0 Å². The maximum atomic E-state index is 10.3. The van der Waals surface area contributed by atoms with E-state index in [1.807, 2.05) is 26.8 Å². The molecule has 0 bridgehead atoms. The van der Waals surface area contributed by atoms with Gasteiger partial charge in [0.15, 0.2) is 0 Å². The molecule has 0 atom stereocenters. The van der Waals surface area contributed by atoms with Gasteiger partial charge in [-0.2, -0.15) is 0 Å². The lowest BCUT2D eigenvalue weighted by molar-refractivity contribution is -0.107. The zero-order valence-corrected chi connectivity index (χ0v) is 8.24. The van der Waals surface area contributed by atoms with Crippen LogP contribution in [0.25, 0.3) is 0 Å². The number of nitrogens with zero attached hydrogens (tertiary/aromatic N) is 2. The van der Waals surface area contributed by atoms with Gasteiger partial charge in [0.05, 0.1) is 5.69 Å². The predicted octanol–water partition coefficient (Wildman–Crippen LogP) is 1.65. The van der Waals surface area contributed by atoms with E-state index in [2.05, 4.69) is 9.97 Å². The summed E-state index contributed by atoms with van der Waals surface area (Å²) in [7, 11) is 0. The lowest BCUT2D eigenvalue weighted by atomic mass is 10.2. The maximum Gasteiger partial charge on any atom is 0.131 e. The largest absolute Gasteiger partial charge is 0.303 e. The van der Waals surface area contributed by atoms with Crippen LogP contribution in [0.4, 0.5) is 0 Å². The van der Waals surface area contributed by atoms with Crippen molar-refractivity contribution in [2.45, 2.75) is 33.1 Å². The average molecular weight is 178 g/mol. The molecule has 0 aromatic carbocycles. The lowest BCUT2D eigenvalue weighted by Crippen LogP contribution is -2.03. The summed E-state index contributed by atoms with van der Waals surface area (Å²) in [4.78, 5) is 18.9. The molecule has 0 fully saturated rings. The van der Waals surface area contributed by atoms with Crippen molar-refractivity contribution < 1.29 is 4.79 Å². The fourth-order valence-electron chi connectivity index (χ4n) is 1.11. The Labute approximate surface area is 78.2 Å². The van der Waals surface area contributed by atoms with Gasteiger partial charge in [-0.1, -0.05) is 13.8 Å². The van der Waals surface area contributed by atoms with Crippen LogP contribution in [-0.4, -0.2) is 16.3 Å². The molecule has 0 amide bonds. The molecule has 0 spiro atoms. The van der Waals surface area contributed by atoms with Gasteiger partial charge in [0.25, 0.3) is 0 Å². The number of hydrogen-bond acceptors (Lipinski definition) is 3. The van der Waals surface area contributed by atoms with Gasteiger partial charge in [-0.05, 0) is 13.0 Å². The maximum absolute atomic E-state index is 10.3. The van der Waals surface area contributed by atoms with Crippen molar-refractivity contribution in [3.05, 3.63) is 23.3 Å². The van der Waals surface area contributed by atoms with Crippen LogP contribution < -0.4 is 0 Å². The van der Waals surface area contributed by atoms with Crippen LogP contribution in [0, 0.1) is 6.92 Å². The molecule has 0 saturated heterocycles. The van der Waals surface area contributed by atoms with Crippen molar-refractivity contribution >= 4 is 6.29 Å². The second-order valence-corrected chi connectivity index (χ2v) is 3.38. The molecule has 0 radical (unpaired) electrons. The Balaban J connectivity index is 3.03. The van der Waals surface area contributed by atoms with Gasteiger partial charge in [0.2, 0.25) is 0 Å². The molecular weight excluding hydrogens is 164 g/mol. The SMILES string of the molecule is Cc1cc(CC=O)nc(C(C)C)n1. The number of hydrogen-bond donors (Lipinski definition) is 0. The van der Waals surface area contributed by atoms with Gasteiger partial charge in [0, 0.05) is 18.0 Å². The fourth-order valence-corrected chi connectivity index (χ4v) is 1.11. The van der Waals surface area contributed by atoms with Crippen LogP contribution in [0.5, 0.6) is 0 Å². The van der Waals surface area contributed by atoms with Crippen LogP contribution >= 0.6 is 0 Å². The molecule has 0 saturated carbocycles. The zero-order chi connectivity index (χ0) is 9.84. The van der Waals surface area contributed by atoms with E-state index in [-0.39, 0.29) is 0 Å². The third-order valence-electron chi connectivity index (χ3n) is 1.73. The van der Waals surface area contributed by atoms with Crippen LogP contribution in [0.15, 0.2) is 6.07 Å². The van der Waals surface area contributed by atoms with E-state index in [9.17, 15) is 4.79 Å². The summed E-state index contributed by atoms with van der Waals surface area (Å²) < 4.78 is 0. The van der Waals surface area contributed by atoms with Crippen molar-refractivity contribution in [1.82, 2.24) is 9.97 Å². The Morgan fingerprint density at radius 1 is 1.46 bits per heavy atom. The first-order valence-corrected chi connectivity index (χ1v) is 4.41. The molecule has 1 heterocycles. The van der Waals surface area contributed by atoms with Crippen molar-refractivity contribution in [1.29, 1.82) is 0 Å². The quantitative estimate of drug-likeness (QED) is 0.661. The van der Waals surface area contributed by atoms with Crippen molar-refractivity contribution in [2.75, 3.05) is 0 Å². The van der Waals surface area contributed by atoms with E-state index in [0.717, 1.165) is 23.5 Å². The van der Waals surface area contributed by atoms with Gasteiger partial charge in [-0.15, -0.1) is 0 Å². The molecule has 0 aliphatic rings. The van der Waals surface area contributed by atoms with E-state index in [1.54, 1.807) is 0 Å². The molecule has 1 rings (SSSR count). The second kappa shape index (κ2) is 4.12. The standard InChI is InChI=1S/C10H14N2O/c1-7(2)10-11-8(3)6-9(12-10)4-5-13/h5-7H,4H2,1-3H3. The van der Waals surface area contributed by atoms with Gasteiger partial charge in [-0.25, -0.2) is 9.97 Å². The second-order valence-electron chi connectivity index (χ2n) is 3.38. The number of carbonyl (C=O) groups excluding carboxylic acids is 1. The minimum Gasteiger partial charge on any atom is -0.303 e. The average Bonchev–Trinajstić information content (AvgIpc) is 2.03. The third kappa shape index (κ3) is 2.61. The third-order valence-corrected chi connectivity index (χ3v) is 1.73. The summed E-state index contributed by atoms with van der Waals surface area (Å²) in [5.41, 5.74) is 1.74. The Morgan fingerprint density at radius 3 is 2.69 bits per heavy atom. The Bertz CT molecular complexity index is 308. The molecule has 0 aliphatic heterocycles. The minimum absolute atomic E-state index is 0.310. The fraction of sp³-hybridized carbons (Fsp3) is 0.500. The molecule has 0 N–H and O–H groups in total. The molecular formula is C10H14N2O. The summed E-state index contributed by atoms with van der Waals surface area (Å²) in [5.74, 6) is 1.13. The summed E-state index contributed by atoms with van der Waals surface area (Å²) >= 11 is 0. The molecule has 0 aliphatic carbocycles. The highest BCUT2D eigenvalue weighted by Crippen LogP contribution is 2.10. The van der Waals surface area contributed by atoms with Gasteiger partial charge in [-0.3, -0.25) is 0 Å². The smallest absolute Gasteiger partial charge is 0.131 e. The number of aromatic nitrogens is 2. The first-order chi connectivity index (χ1) is 6.13. The van der Waals surface area contributed by atoms with Crippen molar-refractivity contribution in [3.8, 4) is 0 Å². The van der Waals surface area contributed by atoms with Gasteiger partial charge < -0.3 is 4.79 Å². The summed E-state index contributed by atoms with van der Waals surface area (Å²) in [6, 6.07) is 1.85. The topological polar surface area (TPSA) is 42.9 Å². The Kier molecular flexibility index (Phi) is 3.12. The summed E-state index contributed by atoms with van der Waals surface area (Å²) in [6.07, 6.45) is 1.25. The van der Waals surface area contributed by atoms with Crippen LogP contribution in [0.3, 0.4) is 0 Å². The first kappa shape index (κ1) is 9.84. The van der Waals surface area contributed by atoms with E-state index >= 15 is 0 Å². The summed E-state index contributed by atoms with van der Waals surface area (Å²) in [5, 5.41) is 0. The highest BCUT2D eigenvalue weighted by Gasteiger charge is 2.05. The highest BCUT2D eigenvalue weighted by atomic mass is 16.1. The predicted molar refractivity (Wildman–Crippen MR) is 50.6 cm³/mol. The van der Waals surface area contributed by atoms with Crippen LogP contribution in [0.1, 0.15) is 37.0 Å². The number of carbonyl (C=O) groups is 1. The van der Waals surface area contributed by atoms with Gasteiger partial charge in [0.1, 0.15) is 12.1 Å².